The number of ether oxygens (including phenoxy) is 2. The normalized spacial score (nSPS) is 10.5. The molecule has 0 aliphatic rings. The first-order chi connectivity index (χ1) is 12.7. The van der Waals surface area contributed by atoms with E-state index in [-0.39, 0.29) is 11.6 Å². The number of methoxy groups -OCH3 is 2. The molecule has 1 amide bonds. The van der Waals surface area contributed by atoms with E-state index in [1.54, 1.807) is 20.3 Å². The van der Waals surface area contributed by atoms with E-state index in [1.807, 2.05) is 48.5 Å². The zero-order chi connectivity index (χ0) is 18.4. The van der Waals surface area contributed by atoms with Crippen molar-refractivity contribution in [3.05, 3.63) is 71.4 Å². The fourth-order valence-electron chi connectivity index (χ4n) is 2.63. The largest absolute Gasteiger partial charge is 0.496 e. The van der Waals surface area contributed by atoms with Crippen molar-refractivity contribution in [2.75, 3.05) is 14.2 Å². The van der Waals surface area contributed by atoms with Crippen LogP contribution in [0.1, 0.15) is 21.6 Å². The van der Waals surface area contributed by atoms with Crippen LogP contribution in [-0.2, 0) is 17.9 Å². The van der Waals surface area contributed by atoms with Crippen molar-refractivity contribution in [2.45, 2.75) is 13.2 Å². The summed E-state index contributed by atoms with van der Waals surface area (Å²) < 4.78 is 15.7. The van der Waals surface area contributed by atoms with Gasteiger partial charge in [-0.25, -0.2) is 0 Å². The van der Waals surface area contributed by atoms with Crippen molar-refractivity contribution in [3.63, 3.8) is 0 Å². The predicted octanol–water partition coefficient (Wildman–Crippen LogP) is 3.43. The van der Waals surface area contributed by atoms with Crippen LogP contribution in [-0.4, -0.2) is 25.3 Å². The maximum Gasteiger partial charge on any atom is 0.273 e. The number of hydrogen-bond donors (Lipinski definition) is 1. The van der Waals surface area contributed by atoms with Crippen molar-refractivity contribution in [3.8, 4) is 17.1 Å². The molecule has 1 heterocycles. The van der Waals surface area contributed by atoms with Gasteiger partial charge in [-0.2, -0.15) is 0 Å². The van der Waals surface area contributed by atoms with Gasteiger partial charge in [0.05, 0.1) is 19.3 Å². The fourth-order valence-corrected chi connectivity index (χ4v) is 2.63. The molecule has 0 saturated carbocycles. The van der Waals surface area contributed by atoms with Gasteiger partial charge in [0.25, 0.3) is 5.91 Å². The van der Waals surface area contributed by atoms with Gasteiger partial charge in [0.1, 0.15) is 5.75 Å². The number of nitrogens with zero attached hydrogens (tertiary/aromatic N) is 1. The van der Waals surface area contributed by atoms with Crippen LogP contribution in [0.5, 0.6) is 5.75 Å². The minimum atomic E-state index is -0.299. The molecule has 0 spiro atoms. The van der Waals surface area contributed by atoms with Crippen molar-refractivity contribution >= 4 is 5.91 Å². The molecule has 1 N–H and O–H groups in total. The lowest BCUT2D eigenvalue weighted by Gasteiger charge is -2.05. The topological polar surface area (TPSA) is 73.6 Å². The minimum absolute atomic E-state index is 0.221. The van der Waals surface area contributed by atoms with E-state index in [0.717, 1.165) is 16.7 Å². The number of nitrogens with one attached hydrogen (secondary N) is 1. The van der Waals surface area contributed by atoms with Gasteiger partial charge < -0.3 is 19.3 Å². The third kappa shape index (κ3) is 4.10. The summed E-state index contributed by atoms with van der Waals surface area (Å²) in [7, 11) is 3.23. The second kappa shape index (κ2) is 8.31. The Labute approximate surface area is 151 Å². The van der Waals surface area contributed by atoms with Gasteiger partial charge in [-0.15, -0.1) is 0 Å². The highest BCUT2D eigenvalue weighted by molar-refractivity contribution is 5.93. The highest BCUT2D eigenvalue weighted by Gasteiger charge is 2.16. The number of carbonyl (C=O) groups excluding carboxylic acids is 1. The zero-order valence-electron chi connectivity index (χ0n) is 14.7. The first-order valence-corrected chi connectivity index (χ1v) is 8.16. The lowest BCUT2D eigenvalue weighted by Crippen LogP contribution is -2.23. The van der Waals surface area contributed by atoms with E-state index >= 15 is 0 Å². The second-order valence-corrected chi connectivity index (χ2v) is 5.71. The summed E-state index contributed by atoms with van der Waals surface area (Å²) in [6, 6.07) is 16.9. The van der Waals surface area contributed by atoms with Gasteiger partial charge in [0, 0.05) is 19.7 Å². The Morgan fingerprint density at radius 3 is 2.69 bits per heavy atom. The molecule has 134 valence electrons. The second-order valence-electron chi connectivity index (χ2n) is 5.71. The molecule has 0 unspecified atom stereocenters. The lowest BCUT2D eigenvalue weighted by molar-refractivity contribution is 0.0942. The van der Waals surface area contributed by atoms with Crippen LogP contribution in [0.2, 0.25) is 0 Å². The Hall–Kier alpha value is -3.12. The van der Waals surface area contributed by atoms with Crippen molar-refractivity contribution in [2.24, 2.45) is 0 Å². The number of hydrogen-bond acceptors (Lipinski definition) is 5. The molecule has 0 atom stereocenters. The highest BCUT2D eigenvalue weighted by atomic mass is 16.5. The summed E-state index contributed by atoms with van der Waals surface area (Å²) in [4.78, 5) is 12.3. The number of carbonyl (C=O) groups is 1. The monoisotopic (exact) mass is 352 g/mol. The SMILES string of the molecule is COCc1cccc(CNC(=O)c2cc(-c3ccccc3OC)on2)c1. The van der Waals surface area contributed by atoms with Crippen LogP contribution >= 0.6 is 0 Å². The molecule has 26 heavy (non-hydrogen) atoms. The number of benzene rings is 2. The quantitative estimate of drug-likeness (QED) is 0.705. The van der Waals surface area contributed by atoms with Crippen molar-refractivity contribution in [1.82, 2.24) is 10.5 Å². The smallest absolute Gasteiger partial charge is 0.273 e. The molecule has 0 aliphatic heterocycles. The Morgan fingerprint density at radius 2 is 1.88 bits per heavy atom. The van der Waals surface area contributed by atoms with Crippen LogP contribution in [0.15, 0.2) is 59.1 Å². The molecule has 0 aliphatic carbocycles. The molecule has 6 heteroatoms. The van der Waals surface area contributed by atoms with Crippen LogP contribution in [0, 0.1) is 0 Å². The maximum absolute atomic E-state index is 12.3. The van der Waals surface area contributed by atoms with E-state index in [0.29, 0.717) is 24.7 Å². The van der Waals surface area contributed by atoms with E-state index in [1.165, 1.54) is 0 Å². The average Bonchev–Trinajstić information content (AvgIpc) is 3.17. The Bertz CT molecular complexity index is 889. The summed E-state index contributed by atoms with van der Waals surface area (Å²) in [5, 5.41) is 6.71. The molecule has 3 rings (SSSR count). The van der Waals surface area contributed by atoms with Crippen molar-refractivity contribution < 1.29 is 18.8 Å². The number of amides is 1. The van der Waals surface area contributed by atoms with Crippen LogP contribution < -0.4 is 10.1 Å². The van der Waals surface area contributed by atoms with E-state index in [2.05, 4.69) is 10.5 Å². The maximum atomic E-state index is 12.3. The highest BCUT2D eigenvalue weighted by Crippen LogP contribution is 2.29. The van der Waals surface area contributed by atoms with Gasteiger partial charge in [-0.1, -0.05) is 41.6 Å². The molecular formula is C20H20N2O4. The van der Waals surface area contributed by atoms with E-state index in [4.69, 9.17) is 14.0 Å². The van der Waals surface area contributed by atoms with Crippen LogP contribution in [0.3, 0.4) is 0 Å². The number of rotatable bonds is 7. The first kappa shape index (κ1) is 17.7. The third-order valence-corrected chi connectivity index (χ3v) is 3.87. The summed E-state index contributed by atoms with van der Waals surface area (Å²) in [6.07, 6.45) is 0. The minimum Gasteiger partial charge on any atom is -0.496 e. The lowest BCUT2D eigenvalue weighted by atomic mass is 10.1. The first-order valence-electron chi connectivity index (χ1n) is 8.16. The molecule has 3 aromatic rings. The Kier molecular flexibility index (Phi) is 5.66. The Balaban J connectivity index is 1.68. The molecule has 1 aromatic heterocycles. The summed E-state index contributed by atoms with van der Waals surface area (Å²) in [5.74, 6) is 0.840. The van der Waals surface area contributed by atoms with Gasteiger partial charge in [0.15, 0.2) is 11.5 Å². The van der Waals surface area contributed by atoms with Gasteiger partial charge in [-0.05, 0) is 23.3 Å². The van der Waals surface area contributed by atoms with E-state index in [9.17, 15) is 4.79 Å². The van der Waals surface area contributed by atoms with Crippen LogP contribution in [0.4, 0.5) is 0 Å². The Morgan fingerprint density at radius 1 is 1.08 bits per heavy atom. The fraction of sp³-hybridized carbons (Fsp3) is 0.200. The van der Waals surface area contributed by atoms with Gasteiger partial charge in [0.2, 0.25) is 0 Å². The standard InChI is InChI=1S/C20H20N2O4/c1-24-13-15-7-5-6-14(10-15)12-21-20(23)17-11-19(26-22-17)16-8-3-4-9-18(16)25-2/h3-11H,12-13H2,1-2H3,(H,21,23). The predicted molar refractivity (Wildman–Crippen MR) is 96.8 cm³/mol. The van der Waals surface area contributed by atoms with Gasteiger partial charge >= 0.3 is 0 Å². The molecule has 0 radical (unpaired) electrons. The molecule has 0 saturated heterocycles. The third-order valence-electron chi connectivity index (χ3n) is 3.87. The zero-order valence-corrected chi connectivity index (χ0v) is 14.7. The number of para-hydroxylation sites is 1. The number of aromatic nitrogens is 1. The molecule has 2 aromatic carbocycles. The summed E-state index contributed by atoms with van der Waals surface area (Å²) in [5.41, 5.74) is 3.01. The molecule has 6 nitrogen and oxygen atoms in total. The molecule has 0 fully saturated rings. The van der Waals surface area contributed by atoms with E-state index < -0.39 is 0 Å². The van der Waals surface area contributed by atoms with Crippen LogP contribution in [0.25, 0.3) is 11.3 Å². The summed E-state index contributed by atoms with van der Waals surface area (Å²) >= 11 is 0. The van der Waals surface area contributed by atoms with Gasteiger partial charge in [-0.3, -0.25) is 4.79 Å². The molecular weight excluding hydrogens is 332 g/mol. The summed E-state index contributed by atoms with van der Waals surface area (Å²) in [6.45, 7) is 0.931. The average molecular weight is 352 g/mol. The van der Waals surface area contributed by atoms with Crippen molar-refractivity contribution in [1.29, 1.82) is 0 Å². The molecule has 0 bridgehead atoms.